The molecule has 282 valence electrons. The van der Waals surface area contributed by atoms with E-state index >= 15 is 0 Å². The number of rotatable bonds is 11. The van der Waals surface area contributed by atoms with E-state index in [1.54, 1.807) is 24.3 Å². The predicted octanol–water partition coefficient (Wildman–Crippen LogP) is 7.13. The first-order valence-corrected chi connectivity index (χ1v) is 17.0. The lowest BCUT2D eigenvalue weighted by Crippen LogP contribution is -2.47. The number of ether oxygens (including phenoxy) is 1. The molecule has 1 aliphatic carbocycles. The monoisotopic (exact) mass is 769 g/mol. The molecule has 0 unspecified atom stereocenters. The van der Waals surface area contributed by atoms with Crippen LogP contribution in [-0.4, -0.2) is 60.3 Å². The van der Waals surface area contributed by atoms with Crippen LogP contribution in [0, 0.1) is 22.2 Å². The smallest absolute Gasteiger partial charge is 0.395 e. The number of nitrogens with zero attached hydrogens (tertiary/aromatic N) is 8. The highest BCUT2D eigenvalue weighted by atomic mass is 35.5. The Kier molecular flexibility index (Phi) is 9.95. The Morgan fingerprint density at radius 3 is 2.30 bits per heavy atom. The lowest BCUT2D eigenvalue weighted by atomic mass is 9.75. The number of aliphatic imine (C=N–C) groups is 1. The molecule has 1 saturated carbocycles. The number of amides is 1. The molecule has 2 aliphatic rings. The third-order valence-corrected chi connectivity index (χ3v) is 9.71. The van der Waals surface area contributed by atoms with Gasteiger partial charge in [0.05, 0.1) is 22.9 Å². The van der Waals surface area contributed by atoms with Crippen molar-refractivity contribution < 1.29 is 36.3 Å². The van der Waals surface area contributed by atoms with Crippen molar-refractivity contribution in [3.8, 4) is 28.6 Å². The Labute approximate surface area is 310 Å². The lowest BCUT2D eigenvalue weighted by Gasteiger charge is -2.35. The first-order chi connectivity index (χ1) is 25.4. The maximum absolute atomic E-state index is 14.9. The van der Waals surface area contributed by atoms with Crippen LogP contribution in [0.5, 0.6) is 0 Å². The number of halogens is 6. The van der Waals surface area contributed by atoms with Gasteiger partial charge in [-0.15, -0.1) is 0 Å². The number of hydrogen-bond acceptors (Lipinski definition) is 10. The fourth-order valence-electron chi connectivity index (χ4n) is 6.59. The predicted molar refractivity (Wildman–Crippen MR) is 184 cm³/mol. The van der Waals surface area contributed by atoms with Gasteiger partial charge in [0.15, 0.2) is 17.3 Å². The van der Waals surface area contributed by atoms with Gasteiger partial charge in [-0.1, -0.05) is 62.7 Å². The lowest BCUT2D eigenvalue weighted by molar-refractivity contribution is -0.195. The van der Waals surface area contributed by atoms with Crippen LogP contribution < -0.4 is 5.73 Å². The van der Waals surface area contributed by atoms with Gasteiger partial charge in [-0.2, -0.15) is 37.0 Å². The highest BCUT2D eigenvalue weighted by molar-refractivity contribution is 6.33. The van der Waals surface area contributed by atoms with E-state index in [1.807, 2.05) is 26.8 Å². The fraction of sp³-hybridized carbons (Fsp3) is 0.389. The topological polar surface area (TPSA) is 165 Å². The van der Waals surface area contributed by atoms with E-state index in [1.165, 1.54) is 30.6 Å². The minimum Gasteiger partial charge on any atom is -0.463 e. The number of nitrogens with two attached hydrogens (primary N) is 1. The van der Waals surface area contributed by atoms with Gasteiger partial charge in [-0.3, -0.25) is 14.5 Å². The molecule has 0 saturated heterocycles. The molecule has 2 N–H and O–H groups in total. The van der Waals surface area contributed by atoms with Crippen LogP contribution in [0.4, 0.5) is 22.0 Å². The molecule has 2 aromatic heterocycles. The Balaban J connectivity index is 1.40. The van der Waals surface area contributed by atoms with Gasteiger partial charge >= 0.3 is 18.7 Å². The van der Waals surface area contributed by atoms with Crippen molar-refractivity contribution in [1.82, 2.24) is 29.6 Å². The van der Waals surface area contributed by atoms with Crippen molar-refractivity contribution in [2.45, 2.75) is 70.8 Å². The first-order valence-electron chi connectivity index (χ1n) is 16.6. The van der Waals surface area contributed by atoms with Crippen molar-refractivity contribution >= 4 is 29.4 Å². The second-order valence-electron chi connectivity index (χ2n) is 14.4. The summed E-state index contributed by atoms with van der Waals surface area (Å²) in [5, 5.41) is 12.6. The van der Waals surface area contributed by atoms with Crippen LogP contribution in [0.2, 0.25) is 5.02 Å². The zero-order valence-electron chi connectivity index (χ0n) is 29.1. The summed E-state index contributed by atoms with van der Waals surface area (Å²) in [6.07, 6.45) is -1.97. The van der Waals surface area contributed by atoms with E-state index in [4.69, 9.17) is 32.3 Å². The minimum absolute atomic E-state index is 0.00249. The SMILES string of the molecule is CC(C)(C)C[C@]1(c2ccc(-c3cnc(C#N)nc3)cc2)N=C(N)N([C@H](COC(=O)CC2(C(F)(F)F)CC2)c2ccc(Cl)c(-c3ncnn3C(F)F)c2)C1=O. The third-order valence-electron chi connectivity index (χ3n) is 9.38. The maximum Gasteiger partial charge on any atom is 0.395 e. The molecule has 0 bridgehead atoms. The Hall–Kier alpha value is -5.50. The molecule has 2 aromatic carbocycles. The van der Waals surface area contributed by atoms with E-state index in [2.05, 4.69) is 20.1 Å². The third kappa shape index (κ3) is 7.34. The summed E-state index contributed by atoms with van der Waals surface area (Å²) >= 11 is 6.44. The molecular formula is C36H33ClF5N9O3. The number of carbonyl (C=O) groups excluding carboxylic acids is 2. The number of hydrogen-bond donors (Lipinski definition) is 1. The molecule has 12 nitrogen and oxygen atoms in total. The van der Waals surface area contributed by atoms with E-state index in [0.29, 0.717) is 21.4 Å². The normalized spacial score (nSPS) is 18.7. The van der Waals surface area contributed by atoms with Crippen molar-refractivity contribution in [3.05, 3.63) is 83.2 Å². The highest BCUT2D eigenvalue weighted by Gasteiger charge is 2.64. The van der Waals surface area contributed by atoms with Crippen molar-refractivity contribution in [3.63, 3.8) is 0 Å². The summed E-state index contributed by atoms with van der Waals surface area (Å²) in [7, 11) is 0. The van der Waals surface area contributed by atoms with Gasteiger partial charge in [0.25, 0.3) is 5.91 Å². The van der Waals surface area contributed by atoms with Crippen molar-refractivity contribution in [1.29, 1.82) is 5.26 Å². The largest absolute Gasteiger partial charge is 0.463 e. The van der Waals surface area contributed by atoms with Crippen molar-refractivity contribution in [2.24, 2.45) is 21.6 Å². The molecule has 0 radical (unpaired) electrons. The van der Waals surface area contributed by atoms with E-state index in [9.17, 15) is 31.5 Å². The number of aromatic nitrogens is 5. The summed E-state index contributed by atoms with van der Waals surface area (Å²) in [5.74, 6) is -2.37. The van der Waals surface area contributed by atoms with E-state index < -0.39 is 60.0 Å². The fourth-order valence-corrected chi connectivity index (χ4v) is 6.79. The minimum atomic E-state index is -4.62. The molecule has 18 heteroatoms. The Bertz CT molecular complexity index is 2140. The highest BCUT2D eigenvalue weighted by Crippen LogP contribution is 2.60. The van der Waals surface area contributed by atoms with Crippen LogP contribution in [0.1, 0.15) is 76.0 Å². The molecule has 54 heavy (non-hydrogen) atoms. The van der Waals surface area contributed by atoms with Crippen LogP contribution in [0.15, 0.2) is 66.2 Å². The van der Waals surface area contributed by atoms with Gasteiger partial charge in [0.2, 0.25) is 5.82 Å². The summed E-state index contributed by atoms with van der Waals surface area (Å²) < 4.78 is 74.6. The average molecular weight is 770 g/mol. The number of benzene rings is 2. The van der Waals surface area contributed by atoms with Crippen molar-refractivity contribution in [2.75, 3.05) is 6.61 Å². The quantitative estimate of drug-likeness (QED) is 0.123. The van der Waals surface area contributed by atoms with Crippen LogP contribution in [0.25, 0.3) is 22.5 Å². The number of guanidine groups is 1. The summed E-state index contributed by atoms with van der Waals surface area (Å²) in [4.78, 5) is 45.7. The van der Waals surface area contributed by atoms with Gasteiger partial charge in [0.1, 0.15) is 19.0 Å². The molecule has 1 aliphatic heterocycles. The van der Waals surface area contributed by atoms with Crippen LogP contribution >= 0.6 is 11.6 Å². The number of nitriles is 1. The van der Waals surface area contributed by atoms with Crippen LogP contribution in [-0.2, 0) is 19.9 Å². The standard InChI is InChI=1S/C36H33ClF5N9O3/c1-33(2,3)18-35(23-7-4-20(5-8-23)22-15-45-27(14-43)46-16-22)30(53)50(32(44)49-35)26(17-54-28(52)13-34(10-11-34)36(40,41)42)21-6-9-25(37)24(12-21)29-47-19-48-51(29)31(38)39/h4-9,12,15-16,19,26,31H,10-11,13,17-18H2,1-3H3,(H2,44,49)/t26-,35-/m1/s1. The van der Waals surface area contributed by atoms with E-state index in [-0.39, 0.29) is 53.0 Å². The van der Waals surface area contributed by atoms with Crippen LogP contribution in [0.3, 0.4) is 0 Å². The zero-order chi connectivity index (χ0) is 39.2. The summed E-state index contributed by atoms with van der Waals surface area (Å²) in [6, 6.07) is 11.5. The van der Waals surface area contributed by atoms with Gasteiger partial charge in [-0.25, -0.2) is 19.9 Å². The Morgan fingerprint density at radius 1 is 1.06 bits per heavy atom. The Morgan fingerprint density at radius 2 is 1.72 bits per heavy atom. The van der Waals surface area contributed by atoms with Gasteiger partial charge in [-0.05, 0) is 53.5 Å². The second kappa shape index (κ2) is 14.0. The molecule has 0 spiro atoms. The average Bonchev–Trinajstić information content (AvgIpc) is 3.66. The zero-order valence-corrected chi connectivity index (χ0v) is 29.9. The molecular weight excluding hydrogens is 737 g/mol. The first kappa shape index (κ1) is 38.2. The van der Waals surface area contributed by atoms with Gasteiger partial charge in [0, 0.05) is 23.5 Å². The molecule has 1 amide bonds. The maximum atomic E-state index is 14.9. The molecule has 3 heterocycles. The second-order valence-corrected chi connectivity index (χ2v) is 14.8. The summed E-state index contributed by atoms with van der Waals surface area (Å²) in [5.41, 5.74) is 4.12. The number of alkyl halides is 5. The molecule has 1 fully saturated rings. The van der Waals surface area contributed by atoms with Gasteiger partial charge < -0.3 is 10.5 Å². The number of esters is 1. The summed E-state index contributed by atoms with van der Waals surface area (Å²) in [6.45, 7) is 1.95. The molecule has 6 rings (SSSR count). The van der Waals surface area contributed by atoms with E-state index in [0.717, 1.165) is 11.2 Å². The molecule has 4 aromatic rings. The number of carbonyl (C=O) groups is 2. The molecule has 2 atom stereocenters.